The lowest BCUT2D eigenvalue weighted by Crippen LogP contribution is -2.26. The Balaban J connectivity index is 1.49. The lowest BCUT2D eigenvalue weighted by atomic mass is 9.90. The van der Waals surface area contributed by atoms with Crippen LogP contribution in [0.1, 0.15) is 29.9 Å². The van der Waals surface area contributed by atoms with Gasteiger partial charge < -0.3 is 25.2 Å². The van der Waals surface area contributed by atoms with Crippen molar-refractivity contribution >= 4 is 34.4 Å². The van der Waals surface area contributed by atoms with Crippen LogP contribution in [0.5, 0.6) is 5.75 Å². The van der Waals surface area contributed by atoms with Crippen molar-refractivity contribution in [2.75, 3.05) is 30.8 Å². The molecule has 1 aliphatic rings. The number of piperidine rings is 1. The zero-order chi connectivity index (χ0) is 23.0. The average molecular weight is 468 g/mol. The van der Waals surface area contributed by atoms with Gasteiger partial charge in [-0.05, 0) is 67.2 Å². The van der Waals surface area contributed by atoms with Crippen molar-refractivity contribution in [2.45, 2.75) is 25.3 Å². The van der Waals surface area contributed by atoms with Crippen LogP contribution in [0.4, 0.5) is 23.1 Å². The third kappa shape index (κ3) is 6.26. The van der Waals surface area contributed by atoms with Crippen LogP contribution in [0.3, 0.4) is 0 Å². The number of nitrogens with one attached hydrogen (secondary N) is 4. The summed E-state index contributed by atoms with van der Waals surface area (Å²) in [5.41, 5.74) is 3.61. The van der Waals surface area contributed by atoms with E-state index in [0.29, 0.717) is 17.7 Å². The summed E-state index contributed by atoms with van der Waals surface area (Å²) < 4.78 is 29.7. The Morgan fingerprint density at radius 2 is 1.94 bits per heavy atom. The van der Waals surface area contributed by atoms with Crippen molar-refractivity contribution in [1.29, 1.82) is 0 Å². The van der Waals surface area contributed by atoms with E-state index < -0.39 is 11.3 Å². The van der Waals surface area contributed by atoms with E-state index in [1.165, 1.54) is 5.56 Å². The summed E-state index contributed by atoms with van der Waals surface area (Å²) in [5, 5.41) is 9.87. The summed E-state index contributed by atoms with van der Waals surface area (Å²) in [6.07, 6.45) is 3.89. The molecule has 1 aromatic heterocycles. The van der Waals surface area contributed by atoms with Gasteiger partial charge in [0, 0.05) is 29.7 Å². The lowest BCUT2D eigenvalue weighted by Gasteiger charge is -2.24. The number of hydrogen-bond acceptors (Lipinski definition) is 8. The molecule has 2 heterocycles. The van der Waals surface area contributed by atoms with Gasteiger partial charge in [0.25, 0.3) is 0 Å². The Bertz CT molecular complexity index is 1110. The zero-order valence-electron chi connectivity index (χ0n) is 18.3. The van der Waals surface area contributed by atoms with Gasteiger partial charge in [-0.3, -0.25) is 4.21 Å². The van der Waals surface area contributed by atoms with Crippen molar-refractivity contribution in [2.24, 2.45) is 0 Å². The van der Waals surface area contributed by atoms with E-state index in [-0.39, 0.29) is 6.54 Å². The number of hydrogen-bond donors (Lipinski definition) is 4. The van der Waals surface area contributed by atoms with E-state index in [2.05, 4.69) is 42.8 Å². The van der Waals surface area contributed by atoms with E-state index in [0.717, 1.165) is 48.6 Å². The maximum absolute atomic E-state index is 10.9. The Morgan fingerprint density at radius 3 is 2.73 bits per heavy atom. The number of nitrogens with zero attached hydrogens (tertiary/aromatic N) is 2. The first-order valence-corrected chi connectivity index (χ1v) is 11.9. The molecule has 0 saturated carbocycles. The Kier molecular flexibility index (Phi) is 7.84. The SMILES string of the molecule is COc1cc(C2CCNCC2)ccc1Nc1nccc(Nc2ccccc2CNS(=O)[O-])n1. The van der Waals surface area contributed by atoms with Gasteiger partial charge in [0.2, 0.25) is 5.95 Å². The summed E-state index contributed by atoms with van der Waals surface area (Å²) in [5.74, 6) is 2.28. The third-order valence-electron chi connectivity index (χ3n) is 5.60. The summed E-state index contributed by atoms with van der Waals surface area (Å²) in [4.78, 5) is 8.87. The molecule has 4 rings (SSSR count). The molecule has 9 nitrogen and oxygen atoms in total. The number of para-hydroxylation sites is 1. The van der Waals surface area contributed by atoms with E-state index in [1.54, 1.807) is 19.4 Å². The Labute approximate surface area is 195 Å². The minimum absolute atomic E-state index is 0.177. The standard InChI is InChI=1S/C23H28N6O3S/c1-32-21-14-17(16-8-11-24-12-9-16)6-7-20(21)28-23-25-13-10-22(29-23)27-19-5-3-2-4-18(19)15-26-33(30)31/h2-7,10,13-14,16,24,26H,8-9,11-12,15H2,1H3,(H,30,31)(H2,25,27,28,29)/p-1. The molecule has 33 heavy (non-hydrogen) atoms. The quantitative estimate of drug-likeness (QED) is 0.354. The van der Waals surface area contributed by atoms with Crippen LogP contribution in [0.2, 0.25) is 0 Å². The molecule has 0 amide bonds. The number of aromatic nitrogens is 2. The molecule has 3 aromatic rings. The van der Waals surface area contributed by atoms with E-state index in [9.17, 15) is 8.76 Å². The Morgan fingerprint density at radius 1 is 1.12 bits per heavy atom. The second-order valence-corrected chi connectivity index (χ2v) is 8.47. The average Bonchev–Trinajstić information content (AvgIpc) is 2.84. The van der Waals surface area contributed by atoms with Gasteiger partial charge in [-0.15, -0.1) is 0 Å². The second kappa shape index (κ2) is 11.2. The molecule has 2 aromatic carbocycles. The summed E-state index contributed by atoms with van der Waals surface area (Å²) in [6, 6.07) is 15.4. The highest BCUT2D eigenvalue weighted by Crippen LogP contribution is 2.33. The smallest absolute Gasteiger partial charge is 0.229 e. The highest BCUT2D eigenvalue weighted by Gasteiger charge is 2.17. The molecule has 0 aliphatic carbocycles. The highest BCUT2D eigenvalue weighted by atomic mass is 32.2. The first-order valence-electron chi connectivity index (χ1n) is 10.8. The largest absolute Gasteiger partial charge is 0.760 e. The predicted molar refractivity (Wildman–Crippen MR) is 129 cm³/mol. The number of methoxy groups -OCH3 is 1. The van der Waals surface area contributed by atoms with Gasteiger partial charge in [-0.1, -0.05) is 24.3 Å². The first kappa shape index (κ1) is 23.1. The zero-order valence-corrected chi connectivity index (χ0v) is 19.2. The molecular weight excluding hydrogens is 440 g/mol. The maximum atomic E-state index is 10.9. The molecule has 4 N–H and O–H groups in total. The number of benzene rings is 2. The summed E-state index contributed by atoms with van der Waals surface area (Å²) in [7, 11) is 1.66. The highest BCUT2D eigenvalue weighted by molar-refractivity contribution is 7.77. The Hall–Kier alpha value is -3.05. The van der Waals surface area contributed by atoms with Crippen molar-refractivity contribution < 1.29 is 13.5 Å². The molecule has 10 heteroatoms. The first-order chi connectivity index (χ1) is 16.1. The molecule has 0 spiro atoms. The number of rotatable bonds is 9. The molecular formula is C23H27N6O3S-. The molecule has 1 unspecified atom stereocenters. The van der Waals surface area contributed by atoms with Crippen LogP contribution >= 0.6 is 0 Å². The van der Waals surface area contributed by atoms with E-state index in [4.69, 9.17) is 4.74 Å². The topological polar surface area (TPSA) is 123 Å². The lowest BCUT2D eigenvalue weighted by molar-refractivity contribution is 0.413. The molecule has 0 bridgehead atoms. The van der Waals surface area contributed by atoms with Crippen LogP contribution in [0.25, 0.3) is 0 Å². The molecule has 174 valence electrons. The molecule has 1 aliphatic heterocycles. The van der Waals surface area contributed by atoms with Crippen molar-refractivity contribution in [3.05, 3.63) is 65.9 Å². The molecule has 0 radical (unpaired) electrons. The summed E-state index contributed by atoms with van der Waals surface area (Å²) >= 11 is -2.33. The van der Waals surface area contributed by atoms with Crippen molar-refractivity contribution in [3.8, 4) is 5.75 Å². The molecule has 1 fully saturated rings. The fraction of sp³-hybridized carbons (Fsp3) is 0.304. The van der Waals surface area contributed by atoms with Crippen LogP contribution < -0.4 is 25.4 Å². The van der Waals surface area contributed by atoms with Gasteiger partial charge in [-0.25, -0.2) is 9.71 Å². The predicted octanol–water partition coefficient (Wildman–Crippen LogP) is 3.32. The summed E-state index contributed by atoms with van der Waals surface area (Å²) in [6.45, 7) is 2.25. The van der Waals surface area contributed by atoms with Gasteiger partial charge in [0.05, 0.1) is 12.8 Å². The van der Waals surface area contributed by atoms with Gasteiger partial charge in [0.15, 0.2) is 0 Å². The van der Waals surface area contributed by atoms with Gasteiger partial charge in [0.1, 0.15) is 11.6 Å². The minimum atomic E-state index is -2.33. The van der Waals surface area contributed by atoms with Crippen LogP contribution in [-0.2, 0) is 17.8 Å². The van der Waals surface area contributed by atoms with Gasteiger partial charge in [-0.2, -0.15) is 4.98 Å². The third-order valence-corrected chi connectivity index (χ3v) is 5.98. The number of ether oxygens (including phenoxy) is 1. The van der Waals surface area contributed by atoms with Crippen molar-refractivity contribution in [3.63, 3.8) is 0 Å². The van der Waals surface area contributed by atoms with Crippen LogP contribution in [0, 0.1) is 0 Å². The second-order valence-electron chi connectivity index (χ2n) is 7.71. The molecule has 1 atom stereocenters. The fourth-order valence-corrected chi connectivity index (χ4v) is 4.17. The van der Waals surface area contributed by atoms with Crippen LogP contribution in [0.15, 0.2) is 54.7 Å². The molecule has 1 saturated heterocycles. The van der Waals surface area contributed by atoms with Crippen molar-refractivity contribution in [1.82, 2.24) is 20.0 Å². The van der Waals surface area contributed by atoms with E-state index >= 15 is 0 Å². The monoisotopic (exact) mass is 467 g/mol. The van der Waals surface area contributed by atoms with Crippen LogP contribution in [-0.4, -0.2) is 38.9 Å². The normalized spacial score (nSPS) is 15.1. The van der Waals surface area contributed by atoms with Gasteiger partial charge >= 0.3 is 0 Å². The minimum Gasteiger partial charge on any atom is -0.760 e. The maximum Gasteiger partial charge on any atom is 0.229 e. The number of anilines is 4. The fourth-order valence-electron chi connectivity index (χ4n) is 3.90. The van der Waals surface area contributed by atoms with E-state index in [1.807, 2.05) is 30.3 Å².